The molecule has 0 spiro atoms. The predicted molar refractivity (Wildman–Crippen MR) is 94.9 cm³/mol. The molecule has 0 saturated carbocycles. The fourth-order valence-corrected chi connectivity index (χ4v) is 3.63. The highest BCUT2D eigenvalue weighted by Gasteiger charge is 2.30. The summed E-state index contributed by atoms with van der Waals surface area (Å²) in [6.45, 7) is 0.0552. The molecule has 0 fully saturated rings. The predicted octanol–water partition coefficient (Wildman–Crippen LogP) is 3.35. The summed E-state index contributed by atoms with van der Waals surface area (Å²) < 4.78 is 15.4. The molecule has 0 bridgehead atoms. The van der Waals surface area contributed by atoms with Gasteiger partial charge in [0.2, 0.25) is 0 Å². The van der Waals surface area contributed by atoms with Crippen molar-refractivity contribution >= 4 is 11.8 Å². The summed E-state index contributed by atoms with van der Waals surface area (Å²) in [6.07, 6.45) is 5.32. The van der Waals surface area contributed by atoms with Crippen LogP contribution in [0.25, 0.3) is 22.6 Å². The Morgan fingerprint density at radius 1 is 1.24 bits per heavy atom. The number of aryl methyl sites for hydroxylation is 1. The van der Waals surface area contributed by atoms with E-state index in [0.29, 0.717) is 5.16 Å². The van der Waals surface area contributed by atoms with Gasteiger partial charge in [0.05, 0.1) is 29.7 Å². The Kier molecular flexibility index (Phi) is 4.27. The molecule has 0 amide bonds. The highest BCUT2D eigenvalue weighted by Crippen LogP contribution is 2.39. The van der Waals surface area contributed by atoms with Gasteiger partial charge >= 0.3 is 0 Å². The van der Waals surface area contributed by atoms with Crippen molar-refractivity contribution in [1.29, 1.82) is 0 Å². The van der Waals surface area contributed by atoms with Gasteiger partial charge in [-0.2, -0.15) is 0 Å². The van der Waals surface area contributed by atoms with Crippen LogP contribution in [-0.4, -0.2) is 37.5 Å². The zero-order valence-electron chi connectivity index (χ0n) is 13.7. The van der Waals surface area contributed by atoms with Gasteiger partial charge in [-0.25, -0.2) is 19.3 Å². The van der Waals surface area contributed by atoms with Crippen LogP contribution in [0.3, 0.4) is 0 Å². The monoisotopic (exact) mass is 356 g/mol. The third-order valence-corrected chi connectivity index (χ3v) is 5.00. The molecule has 0 unspecified atom stereocenters. The number of hydrogen-bond acceptors (Lipinski definition) is 5. The maximum atomic E-state index is 13.3. The van der Waals surface area contributed by atoms with E-state index in [0.717, 1.165) is 41.3 Å². The first-order valence-corrected chi connectivity index (χ1v) is 9.29. The molecule has 1 atom stereocenters. The van der Waals surface area contributed by atoms with E-state index in [1.54, 1.807) is 18.3 Å². The number of imidazole rings is 1. The lowest BCUT2D eigenvalue weighted by Crippen LogP contribution is -2.10. The van der Waals surface area contributed by atoms with Crippen LogP contribution in [0.1, 0.15) is 18.3 Å². The maximum absolute atomic E-state index is 13.3. The van der Waals surface area contributed by atoms with E-state index in [-0.39, 0.29) is 18.5 Å². The Morgan fingerprint density at radius 3 is 2.76 bits per heavy atom. The van der Waals surface area contributed by atoms with Crippen molar-refractivity contribution in [3.05, 3.63) is 48.2 Å². The Balaban J connectivity index is 1.94. The zero-order valence-corrected chi connectivity index (χ0v) is 14.5. The molecule has 25 heavy (non-hydrogen) atoms. The first-order valence-electron chi connectivity index (χ1n) is 8.06. The van der Waals surface area contributed by atoms with Gasteiger partial charge in [0.15, 0.2) is 5.16 Å². The van der Waals surface area contributed by atoms with Gasteiger partial charge in [-0.15, -0.1) is 0 Å². The number of aliphatic hydroxyl groups is 1. The van der Waals surface area contributed by atoms with E-state index >= 15 is 0 Å². The minimum absolute atomic E-state index is 0.0145. The van der Waals surface area contributed by atoms with Crippen molar-refractivity contribution in [2.24, 2.45) is 0 Å². The number of benzene rings is 1. The summed E-state index contributed by atoms with van der Waals surface area (Å²) >= 11 is 1.47. The van der Waals surface area contributed by atoms with Crippen LogP contribution < -0.4 is 0 Å². The van der Waals surface area contributed by atoms with Crippen molar-refractivity contribution in [2.45, 2.75) is 24.0 Å². The van der Waals surface area contributed by atoms with E-state index in [2.05, 4.69) is 14.5 Å². The van der Waals surface area contributed by atoms with Crippen molar-refractivity contribution in [3.8, 4) is 22.6 Å². The number of fused-ring (bicyclic) bond motifs is 1. The average molecular weight is 356 g/mol. The summed E-state index contributed by atoms with van der Waals surface area (Å²) in [7, 11) is 0. The molecule has 0 saturated heterocycles. The quantitative estimate of drug-likeness (QED) is 0.574. The Hall–Kier alpha value is -2.25. The summed E-state index contributed by atoms with van der Waals surface area (Å²) in [6, 6.07) is 8.15. The van der Waals surface area contributed by atoms with Gasteiger partial charge in [0.25, 0.3) is 0 Å². The van der Waals surface area contributed by atoms with Crippen LogP contribution in [0.5, 0.6) is 0 Å². The van der Waals surface area contributed by atoms with E-state index in [1.165, 1.54) is 23.9 Å². The van der Waals surface area contributed by atoms with Gasteiger partial charge < -0.3 is 9.67 Å². The molecular weight excluding hydrogens is 339 g/mol. The lowest BCUT2D eigenvalue weighted by molar-refractivity contribution is 0.234. The number of rotatable bonds is 4. The molecule has 1 aliphatic rings. The van der Waals surface area contributed by atoms with Crippen molar-refractivity contribution in [3.63, 3.8) is 0 Å². The normalized spacial score (nSPS) is 16.2. The van der Waals surface area contributed by atoms with Crippen molar-refractivity contribution in [1.82, 2.24) is 19.5 Å². The molecule has 7 heteroatoms. The number of aliphatic hydroxyl groups excluding tert-OH is 1. The van der Waals surface area contributed by atoms with E-state index in [1.807, 2.05) is 12.3 Å². The summed E-state index contributed by atoms with van der Waals surface area (Å²) in [5.74, 6) is 0.648. The van der Waals surface area contributed by atoms with Crippen LogP contribution in [0, 0.1) is 5.82 Å². The summed E-state index contributed by atoms with van der Waals surface area (Å²) in [4.78, 5) is 13.6. The second-order valence-electron chi connectivity index (χ2n) is 5.91. The number of aromatic nitrogens is 4. The number of nitrogens with zero attached hydrogens (tertiary/aromatic N) is 4. The molecule has 1 aliphatic heterocycles. The first-order chi connectivity index (χ1) is 12.2. The van der Waals surface area contributed by atoms with Crippen LogP contribution in [0.4, 0.5) is 4.39 Å². The molecule has 1 N–H and O–H groups in total. The van der Waals surface area contributed by atoms with Crippen LogP contribution in [0.2, 0.25) is 0 Å². The molecular formula is C18H17FN4OS. The first kappa shape index (κ1) is 16.2. The molecule has 1 aromatic carbocycles. The van der Waals surface area contributed by atoms with Gasteiger partial charge in [-0.1, -0.05) is 11.8 Å². The van der Waals surface area contributed by atoms with Crippen molar-refractivity contribution in [2.75, 3.05) is 12.9 Å². The lowest BCUT2D eigenvalue weighted by Gasteiger charge is -2.15. The van der Waals surface area contributed by atoms with Crippen LogP contribution in [-0.2, 0) is 6.42 Å². The largest absolute Gasteiger partial charge is 0.394 e. The fourth-order valence-electron chi connectivity index (χ4n) is 3.27. The third-order valence-electron chi connectivity index (χ3n) is 4.44. The smallest absolute Gasteiger partial charge is 0.187 e. The van der Waals surface area contributed by atoms with E-state index in [9.17, 15) is 9.50 Å². The average Bonchev–Trinajstić information content (AvgIpc) is 3.21. The summed E-state index contributed by atoms with van der Waals surface area (Å²) in [5.41, 5.74) is 3.21. The minimum Gasteiger partial charge on any atom is -0.394 e. The van der Waals surface area contributed by atoms with Gasteiger partial charge in [0.1, 0.15) is 11.6 Å². The molecule has 2 aromatic heterocycles. The Labute approximate surface area is 149 Å². The lowest BCUT2D eigenvalue weighted by atomic mass is 10.1. The zero-order chi connectivity index (χ0) is 17.4. The molecule has 5 nitrogen and oxygen atoms in total. The maximum Gasteiger partial charge on any atom is 0.187 e. The Morgan fingerprint density at radius 2 is 2.04 bits per heavy atom. The standard InChI is InChI=1S/C18H17FN4OS/c1-25-18-20-9-8-14(21-18)17-16(11-2-4-12(19)5-3-11)22-15-7-6-13(10-24)23(15)17/h2-5,8-9,13,24H,6-7,10H2,1H3/t13-/m0/s1. The topological polar surface area (TPSA) is 63.8 Å². The minimum atomic E-state index is -0.281. The molecule has 4 rings (SSSR count). The molecule has 0 aliphatic carbocycles. The molecule has 3 heterocycles. The van der Waals surface area contributed by atoms with E-state index in [4.69, 9.17) is 4.98 Å². The summed E-state index contributed by atoms with van der Waals surface area (Å²) in [5, 5.41) is 10.4. The van der Waals surface area contributed by atoms with Gasteiger partial charge in [-0.05, 0) is 43.0 Å². The van der Waals surface area contributed by atoms with Crippen LogP contribution in [0.15, 0.2) is 41.7 Å². The highest BCUT2D eigenvalue weighted by molar-refractivity contribution is 7.98. The fraction of sp³-hybridized carbons (Fsp3) is 0.278. The van der Waals surface area contributed by atoms with Crippen LogP contribution >= 0.6 is 11.8 Å². The van der Waals surface area contributed by atoms with Gasteiger partial charge in [-0.3, -0.25) is 0 Å². The second-order valence-corrected chi connectivity index (χ2v) is 6.68. The highest BCUT2D eigenvalue weighted by atomic mass is 32.2. The second kappa shape index (κ2) is 6.57. The SMILES string of the molecule is CSc1nccc(-c2c(-c3ccc(F)cc3)nc3n2[C@H](CO)CC3)n1. The molecule has 3 aromatic rings. The Bertz CT molecular complexity index is 910. The van der Waals surface area contributed by atoms with Crippen molar-refractivity contribution < 1.29 is 9.50 Å². The number of thioether (sulfide) groups is 1. The molecule has 0 radical (unpaired) electrons. The number of hydrogen-bond donors (Lipinski definition) is 1. The third kappa shape index (κ3) is 2.83. The molecule has 128 valence electrons. The van der Waals surface area contributed by atoms with E-state index < -0.39 is 0 Å². The van der Waals surface area contributed by atoms with Gasteiger partial charge in [0, 0.05) is 18.2 Å². The number of halogens is 1.